The molecule has 1 unspecified atom stereocenters. The molecule has 0 fully saturated rings. The van der Waals surface area contributed by atoms with E-state index in [-0.39, 0.29) is 18.4 Å². The monoisotopic (exact) mass is 277 g/mol. The standard InChI is InChI=1S/C16H19NO.ClH/c1-2-13-8-6-7-11-16(13)18-12-15(17)14-9-4-3-5-10-14;/h3-11,15H,2,12,17H2,1H3;1H. The van der Waals surface area contributed by atoms with Crippen LogP contribution in [-0.4, -0.2) is 6.61 Å². The molecule has 0 spiro atoms. The zero-order valence-electron chi connectivity index (χ0n) is 11.1. The van der Waals surface area contributed by atoms with Crippen molar-refractivity contribution in [2.24, 2.45) is 5.73 Å². The summed E-state index contributed by atoms with van der Waals surface area (Å²) in [5.74, 6) is 0.936. The molecule has 0 aliphatic carbocycles. The lowest BCUT2D eigenvalue weighted by atomic mass is 10.1. The van der Waals surface area contributed by atoms with E-state index in [1.54, 1.807) is 0 Å². The van der Waals surface area contributed by atoms with E-state index in [9.17, 15) is 0 Å². The van der Waals surface area contributed by atoms with E-state index in [4.69, 9.17) is 10.5 Å². The lowest BCUT2D eigenvalue weighted by Crippen LogP contribution is -2.19. The molecule has 0 bridgehead atoms. The van der Waals surface area contributed by atoms with Gasteiger partial charge in [0.15, 0.2) is 0 Å². The summed E-state index contributed by atoms with van der Waals surface area (Å²) in [7, 11) is 0. The first-order valence-corrected chi connectivity index (χ1v) is 6.32. The van der Waals surface area contributed by atoms with Gasteiger partial charge in [0, 0.05) is 0 Å². The zero-order chi connectivity index (χ0) is 12.8. The van der Waals surface area contributed by atoms with Crippen LogP contribution >= 0.6 is 12.4 Å². The highest BCUT2D eigenvalue weighted by molar-refractivity contribution is 5.85. The van der Waals surface area contributed by atoms with Crippen LogP contribution in [0, 0.1) is 0 Å². The summed E-state index contributed by atoms with van der Waals surface area (Å²) < 4.78 is 5.82. The molecule has 0 saturated heterocycles. The molecule has 19 heavy (non-hydrogen) atoms. The van der Waals surface area contributed by atoms with Gasteiger partial charge in [0.25, 0.3) is 0 Å². The van der Waals surface area contributed by atoms with Crippen molar-refractivity contribution < 1.29 is 4.74 Å². The maximum absolute atomic E-state index is 6.11. The predicted octanol–water partition coefficient (Wildman–Crippen LogP) is 3.75. The molecule has 2 N–H and O–H groups in total. The number of halogens is 1. The lowest BCUT2D eigenvalue weighted by Gasteiger charge is -2.15. The summed E-state index contributed by atoms with van der Waals surface area (Å²) in [4.78, 5) is 0. The van der Waals surface area contributed by atoms with Crippen molar-refractivity contribution in [3.63, 3.8) is 0 Å². The fourth-order valence-electron chi connectivity index (χ4n) is 1.91. The first-order chi connectivity index (χ1) is 8.81. The van der Waals surface area contributed by atoms with Gasteiger partial charge in [-0.05, 0) is 23.6 Å². The van der Waals surface area contributed by atoms with Crippen LogP contribution < -0.4 is 10.5 Å². The average molecular weight is 278 g/mol. The molecule has 2 aromatic carbocycles. The van der Waals surface area contributed by atoms with E-state index in [0.29, 0.717) is 6.61 Å². The van der Waals surface area contributed by atoms with Gasteiger partial charge in [-0.2, -0.15) is 0 Å². The van der Waals surface area contributed by atoms with Gasteiger partial charge in [-0.1, -0.05) is 55.5 Å². The highest BCUT2D eigenvalue weighted by Crippen LogP contribution is 2.20. The third-order valence-corrected chi connectivity index (χ3v) is 3.00. The maximum Gasteiger partial charge on any atom is 0.122 e. The fourth-order valence-corrected chi connectivity index (χ4v) is 1.91. The van der Waals surface area contributed by atoms with Crippen LogP contribution in [0.4, 0.5) is 0 Å². The Labute approximate surface area is 121 Å². The molecule has 3 heteroatoms. The molecule has 0 radical (unpaired) electrons. The van der Waals surface area contributed by atoms with Gasteiger partial charge in [-0.3, -0.25) is 0 Å². The van der Waals surface area contributed by atoms with E-state index in [1.165, 1.54) is 5.56 Å². The maximum atomic E-state index is 6.11. The first kappa shape index (κ1) is 15.5. The normalized spacial score (nSPS) is 11.5. The average Bonchev–Trinajstić information content (AvgIpc) is 2.46. The Bertz CT molecular complexity index is 487. The SMILES string of the molecule is CCc1ccccc1OCC(N)c1ccccc1.Cl. The number of hydrogen-bond acceptors (Lipinski definition) is 2. The van der Waals surface area contributed by atoms with Gasteiger partial charge in [0.05, 0.1) is 6.04 Å². The smallest absolute Gasteiger partial charge is 0.122 e. The second kappa shape index (κ2) is 7.82. The minimum atomic E-state index is -0.0869. The second-order valence-electron chi connectivity index (χ2n) is 4.29. The van der Waals surface area contributed by atoms with E-state index >= 15 is 0 Å². The van der Waals surface area contributed by atoms with Crippen LogP contribution in [0.5, 0.6) is 5.75 Å². The van der Waals surface area contributed by atoms with Crippen molar-refractivity contribution >= 4 is 12.4 Å². The van der Waals surface area contributed by atoms with Crippen LogP contribution in [0.1, 0.15) is 24.1 Å². The van der Waals surface area contributed by atoms with Crippen molar-refractivity contribution in [3.05, 3.63) is 65.7 Å². The number of benzene rings is 2. The van der Waals surface area contributed by atoms with Crippen LogP contribution in [0.25, 0.3) is 0 Å². The molecule has 0 aromatic heterocycles. The molecular weight excluding hydrogens is 258 g/mol. The first-order valence-electron chi connectivity index (χ1n) is 6.32. The fraction of sp³-hybridized carbons (Fsp3) is 0.250. The van der Waals surface area contributed by atoms with Crippen molar-refractivity contribution in [3.8, 4) is 5.75 Å². The van der Waals surface area contributed by atoms with Gasteiger partial charge in [0.1, 0.15) is 12.4 Å². The molecule has 0 aliphatic rings. The minimum Gasteiger partial charge on any atom is -0.491 e. The third-order valence-electron chi connectivity index (χ3n) is 3.00. The van der Waals surface area contributed by atoms with Crippen LogP contribution in [0.3, 0.4) is 0 Å². The number of ether oxygens (including phenoxy) is 1. The quantitative estimate of drug-likeness (QED) is 0.903. The Balaban J connectivity index is 0.00000180. The number of rotatable bonds is 5. The zero-order valence-corrected chi connectivity index (χ0v) is 11.9. The lowest BCUT2D eigenvalue weighted by molar-refractivity contribution is 0.288. The Morgan fingerprint density at radius 1 is 1.00 bits per heavy atom. The Kier molecular flexibility index (Phi) is 6.40. The number of para-hydroxylation sites is 1. The van der Waals surface area contributed by atoms with Gasteiger partial charge >= 0.3 is 0 Å². The Morgan fingerprint density at radius 2 is 1.63 bits per heavy atom. The van der Waals surface area contributed by atoms with Gasteiger partial charge in [-0.25, -0.2) is 0 Å². The van der Waals surface area contributed by atoms with Gasteiger partial charge < -0.3 is 10.5 Å². The third kappa shape index (κ3) is 4.27. The largest absolute Gasteiger partial charge is 0.491 e. The number of nitrogens with two attached hydrogens (primary N) is 1. The highest BCUT2D eigenvalue weighted by atomic mass is 35.5. The Morgan fingerprint density at radius 3 is 2.32 bits per heavy atom. The van der Waals surface area contributed by atoms with Crippen molar-refractivity contribution in [2.75, 3.05) is 6.61 Å². The molecule has 102 valence electrons. The molecule has 0 amide bonds. The summed E-state index contributed by atoms with van der Waals surface area (Å²) in [6.07, 6.45) is 0.969. The molecule has 2 aromatic rings. The van der Waals surface area contributed by atoms with E-state index in [2.05, 4.69) is 13.0 Å². The molecule has 0 heterocycles. The van der Waals surface area contributed by atoms with Crippen LogP contribution in [0.15, 0.2) is 54.6 Å². The topological polar surface area (TPSA) is 35.2 Å². The summed E-state index contributed by atoms with van der Waals surface area (Å²) >= 11 is 0. The van der Waals surface area contributed by atoms with Crippen molar-refractivity contribution in [1.82, 2.24) is 0 Å². The summed E-state index contributed by atoms with van der Waals surface area (Å²) in [5.41, 5.74) is 8.43. The predicted molar refractivity (Wildman–Crippen MR) is 81.9 cm³/mol. The Hall–Kier alpha value is -1.51. The van der Waals surface area contributed by atoms with Crippen molar-refractivity contribution in [2.45, 2.75) is 19.4 Å². The van der Waals surface area contributed by atoms with Crippen LogP contribution in [-0.2, 0) is 6.42 Å². The van der Waals surface area contributed by atoms with Crippen LogP contribution in [0.2, 0.25) is 0 Å². The molecule has 2 nitrogen and oxygen atoms in total. The van der Waals surface area contributed by atoms with Crippen molar-refractivity contribution in [1.29, 1.82) is 0 Å². The van der Waals surface area contributed by atoms with E-state index in [1.807, 2.05) is 48.5 Å². The highest BCUT2D eigenvalue weighted by Gasteiger charge is 2.07. The second-order valence-corrected chi connectivity index (χ2v) is 4.29. The van der Waals surface area contributed by atoms with E-state index < -0.39 is 0 Å². The number of aryl methyl sites for hydroxylation is 1. The van der Waals surface area contributed by atoms with Gasteiger partial charge in [-0.15, -0.1) is 12.4 Å². The number of hydrogen-bond donors (Lipinski definition) is 1. The molecule has 0 saturated carbocycles. The van der Waals surface area contributed by atoms with E-state index in [0.717, 1.165) is 17.7 Å². The minimum absolute atomic E-state index is 0. The molecule has 0 aliphatic heterocycles. The summed E-state index contributed by atoms with van der Waals surface area (Å²) in [6.45, 7) is 2.63. The molecule has 2 rings (SSSR count). The molecule has 1 atom stereocenters. The summed E-state index contributed by atoms with van der Waals surface area (Å²) in [5, 5.41) is 0. The van der Waals surface area contributed by atoms with Gasteiger partial charge in [0.2, 0.25) is 0 Å². The molecular formula is C16H20ClNO. The summed E-state index contributed by atoms with van der Waals surface area (Å²) in [6, 6.07) is 18.1.